The molecule has 0 bridgehead atoms. The zero-order chi connectivity index (χ0) is 16.1. The molecule has 1 heterocycles. The van der Waals surface area contributed by atoms with Crippen LogP contribution in [0.2, 0.25) is 0 Å². The van der Waals surface area contributed by atoms with Crippen LogP contribution >= 0.6 is 0 Å². The van der Waals surface area contributed by atoms with Crippen molar-refractivity contribution in [3.63, 3.8) is 0 Å². The second kappa shape index (κ2) is 6.75. The standard InChI is InChI=1S/C17H20N4O2/c22-12-17(8-4-5-9-17)21-16(23)20-14-10-18-15(19-11-14)13-6-2-1-3-7-13/h1-3,6-7,10-11,22H,4-5,8-9,12H2,(H2,20,21,23). The molecule has 1 aromatic carbocycles. The highest BCUT2D eigenvalue weighted by molar-refractivity contribution is 5.89. The van der Waals surface area contributed by atoms with Crippen molar-refractivity contribution in [2.45, 2.75) is 31.2 Å². The Morgan fingerprint density at radius 3 is 2.39 bits per heavy atom. The number of nitrogens with one attached hydrogen (secondary N) is 2. The number of amides is 2. The van der Waals surface area contributed by atoms with Crippen LogP contribution in [0.15, 0.2) is 42.7 Å². The zero-order valence-electron chi connectivity index (χ0n) is 12.8. The number of hydrogen-bond acceptors (Lipinski definition) is 4. The van der Waals surface area contributed by atoms with Crippen molar-refractivity contribution in [2.24, 2.45) is 0 Å². The maximum atomic E-state index is 12.1. The molecule has 1 aliphatic rings. The molecule has 0 saturated heterocycles. The van der Waals surface area contributed by atoms with E-state index in [1.54, 1.807) is 12.4 Å². The molecular formula is C17H20N4O2. The SMILES string of the molecule is O=C(Nc1cnc(-c2ccccc2)nc1)NC1(CO)CCCC1. The molecule has 0 spiro atoms. The van der Waals surface area contributed by atoms with E-state index in [0.717, 1.165) is 31.2 Å². The van der Waals surface area contributed by atoms with E-state index in [2.05, 4.69) is 20.6 Å². The normalized spacial score (nSPS) is 16.0. The first-order chi connectivity index (χ1) is 11.2. The van der Waals surface area contributed by atoms with Gasteiger partial charge in [0, 0.05) is 5.56 Å². The Balaban J connectivity index is 1.63. The van der Waals surface area contributed by atoms with E-state index in [1.165, 1.54) is 0 Å². The number of carbonyl (C=O) groups excluding carboxylic acids is 1. The van der Waals surface area contributed by atoms with Crippen molar-refractivity contribution in [1.82, 2.24) is 15.3 Å². The zero-order valence-corrected chi connectivity index (χ0v) is 12.8. The number of aliphatic hydroxyl groups is 1. The second-order valence-electron chi connectivity index (χ2n) is 5.89. The van der Waals surface area contributed by atoms with Crippen LogP contribution in [0.3, 0.4) is 0 Å². The summed E-state index contributed by atoms with van der Waals surface area (Å²) in [5.74, 6) is 0.610. The fourth-order valence-electron chi connectivity index (χ4n) is 2.91. The third-order valence-corrected chi connectivity index (χ3v) is 4.18. The van der Waals surface area contributed by atoms with E-state index >= 15 is 0 Å². The van der Waals surface area contributed by atoms with Gasteiger partial charge in [0.25, 0.3) is 0 Å². The Morgan fingerprint density at radius 1 is 1.13 bits per heavy atom. The van der Waals surface area contributed by atoms with Crippen LogP contribution in [-0.4, -0.2) is 33.3 Å². The molecule has 1 aliphatic carbocycles. The van der Waals surface area contributed by atoms with Crippen LogP contribution in [-0.2, 0) is 0 Å². The minimum absolute atomic E-state index is 0.0378. The van der Waals surface area contributed by atoms with Crippen molar-refractivity contribution in [1.29, 1.82) is 0 Å². The second-order valence-corrected chi connectivity index (χ2v) is 5.89. The summed E-state index contributed by atoms with van der Waals surface area (Å²) in [6.45, 7) is -0.0378. The lowest BCUT2D eigenvalue weighted by atomic mass is 9.99. The highest BCUT2D eigenvalue weighted by Gasteiger charge is 2.34. The van der Waals surface area contributed by atoms with Crippen LogP contribution < -0.4 is 10.6 Å². The number of urea groups is 1. The predicted octanol–water partition coefficient (Wildman–Crippen LogP) is 2.57. The van der Waals surface area contributed by atoms with E-state index in [-0.39, 0.29) is 12.6 Å². The first kappa shape index (κ1) is 15.4. The van der Waals surface area contributed by atoms with Crippen molar-refractivity contribution in [3.8, 4) is 11.4 Å². The minimum Gasteiger partial charge on any atom is -0.394 e. The quantitative estimate of drug-likeness (QED) is 0.810. The minimum atomic E-state index is -0.491. The fourth-order valence-corrected chi connectivity index (χ4v) is 2.91. The summed E-state index contributed by atoms with van der Waals surface area (Å²) in [5.41, 5.74) is 0.955. The number of aliphatic hydroxyl groups excluding tert-OH is 1. The maximum Gasteiger partial charge on any atom is 0.319 e. The molecule has 1 aromatic heterocycles. The maximum absolute atomic E-state index is 12.1. The molecule has 6 nitrogen and oxygen atoms in total. The number of anilines is 1. The molecule has 1 fully saturated rings. The molecule has 0 atom stereocenters. The Bertz CT molecular complexity index is 652. The number of rotatable bonds is 4. The summed E-state index contributed by atoms with van der Waals surface area (Å²) < 4.78 is 0. The van der Waals surface area contributed by atoms with E-state index < -0.39 is 5.54 Å². The molecule has 3 rings (SSSR count). The van der Waals surface area contributed by atoms with Gasteiger partial charge in [-0.1, -0.05) is 43.2 Å². The van der Waals surface area contributed by atoms with Gasteiger partial charge in [-0.15, -0.1) is 0 Å². The molecule has 2 amide bonds. The molecule has 0 aliphatic heterocycles. The monoisotopic (exact) mass is 312 g/mol. The highest BCUT2D eigenvalue weighted by atomic mass is 16.3. The lowest BCUT2D eigenvalue weighted by Gasteiger charge is -2.27. The van der Waals surface area contributed by atoms with Crippen LogP contribution in [0, 0.1) is 0 Å². The average Bonchev–Trinajstić information content (AvgIpc) is 3.05. The number of benzene rings is 1. The van der Waals surface area contributed by atoms with E-state index in [0.29, 0.717) is 11.5 Å². The van der Waals surface area contributed by atoms with Gasteiger partial charge in [-0.25, -0.2) is 14.8 Å². The van der Waals surface area contributed by atoms with Gasteiger partial charge in [-0.3, -0.25) is 0 Å². The van der Waals surface area contributed by atoms with Crippen molar-refractivity contribution in [3.05, 3.63) is 42.7 Å². The van der Waals surface area contributed by atoms with Gasteiger partial charge in [-0.2, -0.15) is 0 Å². The van der Waals surface area contributed by atoms with Gasteiger partial charge in [0.15, 0.2) is 5.82 Å². The molecule has 1 saturated carbocycles. The van der Waals surface area contributed by atoms with Crippen molar-refractivity contribution < 1.29 is 9.90 Å². The van der Waals surface area contributed by atoms with Crippen molar-refractivity contribution >= 4 is 11.7 Å². The molecule has 2 aromatic rings. The summed E-state index contributed by atoms with van der Waals surface area (Å²) in [6, 6.07) is 9.31. The van der Waals surface area contributed by atoms with Gasteiger partial charge in [-0.05, 0) is 12.8 Å². The molecule has 6 heteroatoms. The first-order valence-corrected chi connectivity index (χ1v) is 7.78. The summed E-state index contributed by atoms with van der Waals surface area (Å²) >= 11 is 0. The van der Waals surface area contributed by atoms with Gasteiger partial charge in [0.1, 0.15) is 0 Å². The van der Waals surface area contributed by atoms with Gasteiger partial charge in [0.2, 0.25) is 0 Å². The van der Waals surface area contributed by atoms with Crippen LogP contribution in [0.4, 0.5) is 10.5 Å². The lowest BCUT2D eigenvalue weighted by molar-refractivity contribution is 0.167. The molecule has 0 radical (unpaired) electrons. The number of aromatic nitrogens is 2. The number of nitrogens with zero attached hydrogens (tertiary/aromatic N) is 2. The third-order valence-electron chi connectivity index (χ3n) is 4.18. The van der Waals surface area contributed by atoms with Crippen molar-refractivity contribution in [2.75, 3.05) is 11.9 Å². The first-order valence-electron chi connectivity index (χ1n) is 7.78. The van der Waals surface area contributed by atoms with Crippen LogP contribution in [0.1, 0.15) is 25.7 Å². The number of hydrogen-bond donors (Lipinski definition) is 3. The summed E-state index contributed by atoms with van der Waals surface area (Å²) in [5, 5.41) is 15.1. The van der Waals surface area contributed by atoms with Gasteiger partial charge >= 0.3 is 6.03 Å². The molecule has 3 N–H and O–H groups in total. The van der Waals surface area contributed by atoms with E-state index in [1.807, 2.05) is 30.3 Å². The Hall–Kier alpha value is -2.47. The molecule has 120 valence electrons. The van der Waals surface area contributed by atoms with Gasteiger partial charge < -0.3 is 15.7 Å². The summed E-state index contributed by atoms with van der Waals surface area (Å²) in [7, 11) is 0. The fraction of sp³-hybridized carbons (Fsp3) is 0.353. The summed E-state index contributed by atoms with van der Waals surface area (Å²) in [4.78, 5) is 20.6. The Labute approximate surface area is 135 Å². The smallest absolute Gasteiger partial charge is 0.319 e. The topological polar surface area (TPSA) is 87.1 Å². The molecular weight excluding hydrogens is 292 g/mol. The van der Waals surface area contributed by atoms with E-state index in [9.17, 15) is 9.90 Å². The highest BCUT2D eigenvalue weighted by Crippen LogP contribution is 2.29. The van der Waals surface area contributed by atoms with E-state index in [4.69, 9.17) is 0 Å². The lowest BCUT2D eigenvalue weighted by Crippen LogP contribution is -2.50. The Morgan fingerprint density at radius 2 is 1.78 bits per heavy atom. The molecule has 0 unspecified atom stereocenters. The third kappa shape index (κ3) is 3.65. The van der Waals surface area contributed by atoms with Crippen LogP contribution in [0.25, 0.3) is 11.4 Å². The predicted molar refractivity (Wildman–Crippen MR) is 87.9 cm³/mol. The number of carbonyl (C=O) groups is 1. The van der Waals surface area contributed by atoms with Crippen LogP contribution in [0.5, 0.6) is 0 Å². The molecule has 23 heavy (non-hydrogen) atoms. The Kier molecular flexibility index (Phi) is 4.52. The van der Waals surface area contributed by atoms with Gasteiger partial charge in [0.05, 0.1) is 30.2 Å². The largest absolute Gasteiger partial charge is 0.394 e. The average molecular weight is 312 g/mol. The summed E-state index contributed by atoms with van der Waals surface area (Å²) in [6.07, 6.45) is 6.82.